The fourth-order valence-electron chi connectivity index (χ4n) is 4.92. The van der Waals surface area contributed by atoms with Gasteiger partial charge in [0.1, 0.15) is 18.2 Å². The van der Waals surface area contributed by atoms with Crippen LogP contribution in [0.15, 0.2) is 96.6 Å². The fourth-order valence-corrected chi connectivity index (χ4v) is 6.06. The van der Waals surface area contributed by atoms with Gasteiger partial charge in [-0.15, -0.1) is 0 Å². The molecule has 0 spiro atoms. The van der Waals surface area contributed by atoms with Crippen molar-refractivity contribution in [2.24, 2.45) is 0 Å². The lowest BCUT2D eigenvalue weighted by atomic mass is 9.95. The molecule has 7 nitrogen and oxygen atoms in total. The van der Waals surface area contributed by atoms with Crippen LogP contribution in [0.5, 0.6) is 11.5 Å². The standard InChI is InChI=1S/C33H24ClFN2O5S/c1-2-41-26-16-21(10-15-25(26)42-18-19-6-4-3-5-7-19)29-28(30(38)20-8-11-22(34)12-9-20)31(39)32(40)37(29)33-36-24-14-13-23(35)17-27(24)43-33/h3-17,29,38H,2,18H2,1H3. The number of ether oxygens (including phenoxy) is 2. The van der Waals surface area contributed by atoms with Gasteiger partial charge >= 0.3 is 5.91 Å². The topological polar surface area (TPSA) is 89.0 Å². The zero-order valence-corrected chi connectivity index (χ0v) is 24.4. The van der Waals surface area contributed by atoms with E-state index in [2.05, 4.69) is 4.98 Å². The number of nitrogens with zero attached hydrogens (tertiary/aromatic N) is 2. The zero-order valence-electron chi connectivity index (χ0n) is 22.8. The molecule has 0 radical (unpaired) electrons. The molecule has 0 saturated carbocycles. The molecule has 1 aromatic heterocycles. The number of Topliss-reactive ketones (excluding diaryl/α,β-unsaturated/α-hetero) is 1. The van der Waals surface area contributed by atoms with Crippen LogP contribution in [0.4, 0.5) is 9.52 Å². The van der Waals surface area contributed by atoms with Gasteiger partial charge in [0.05, 0.1) is 28.4 Å². The highest BCUT2D eigenvalue weighted by Crippen LogP contribution is 2.46. The van der Waals surface area contributed by atoms with Gasteiger partial charge in [-0.3, -0.25) is 14.5 Å². The number of ketones is 1. The summed E-state index contributed by atoms with van der Waals surface area (Å²) in [5, 5.41) is 12.1. The zero-order chi connectivity index (χ0) is 30.1. The maximum Gasteiger partial charge on any atom is 0.301 e. The molecular weight excluding hydrogens is 591 g/mol. The molecule has 10 heteroatoms. The first-order valence-corrected chi connectivity index (χ1v) is 14.6. The maximum absolute atomic E-state index is 14.0. The average Bonchev–Trinajstić information content (AvgIpc) is 3.54. The smallest absolute Gasteiger partial charge is 0.301 e. The van der Waals surface area contributed by atoms with E-state index in [0.29, 0.717) is 51.1 Å². The number of fused-ring (bicyclic) bond motifs is 1. The Morgan fingerprint density at radius 2 is 1.74 bits per heavy atom. The molecule has 1 saturated heterocycles. The molecule has 216 valence electrons. The minimum Gasteiger partial charge on any atom is -0.507 e. The van der Waals surface area contributed by atoms with Crippen molar-refractivity contribution >= 4 is 55.7 Å². The molecule has 0 aliphatic carbocycles. The molecule has 4 aromatic carbocycles. The first-order valence-electron chi connectivity index (χ1n) is 13.4. The van der Waals surface area contributed by atoms with Gasteiger partial charge in [0.15, 0.2) is 16.6 Å². The molecule has 1 N–H and O–H groups in total. The predicted molar refractivity (Wildman–Crippen MR) is 164 cm³/mol. The SMILES string of the molecule is CCOc1cc(C2C(=C(O)c3ccc(Cl)cc3)C(=O)C(=O)N2c2nc3ccc(F)cc3s2)ccc1OCc1ccccc1. The molecule has 1 amide bonds. The highest BCUT2D eigenvalue weighted by molar-refractivity contribution is 7.22. The van der Waals surface area contributed by atoms with Gasteiger partial charge in [0.25, 0.3) is 5.78 Å². The van der Waals surface area contributed by atoms with Crippen molar-refractivity contribution in [3.8, 4) is 11.5 Å². The van der Waals surface area contributed by atoms with E-state index in [-0.39, 0.29) is 16.5 Å². The Morgan fingerprint density at radius 3 is 2.49 bits per heavy atom. The number of anilines is 1. The summed E-state index contributed by atoms with van der Waals surface area (Å²) in [6.45, 7) is 2.47. The number of aliphatic hydroxyl groups is 1. The van der Waals surface area contributed by atoms with E-state index in [4.69, 9.17) is 21.1 Å². The molecular formula is C33H24ClFN2O5S. The number of thiazole rings is 1. The van der Waals surface area contributed by atoms with Crippen molar-refractivity contribution in [2.45, 2.75) is 19.6 Å². The lowest BCUT2D eigenvalue weighted by Crippen LogP contribution is -2.29. The van der Waals surface area contributed by atoms with Crippen molar-refractivity contribution in [3.63, 3.8) is 0 Å². The number of hydrogen-bond donors (Lipinski definition) is 1. The van der Waals surface area contributed by atoms with Crippen molar-refractivity contribution in [1.29, 1.82) is 0 Å². The van der Waals surface area contributed by atoms with E-state index in [1.807, 2.05) is 37.3 Å². The van der Waals surface area contributed by atoms with E-state index in [1.165, 1.54) is 23.1 Å². The first-order chi connectivity index (χ1) is 20.8. The summed E-state index contributed by atoms with van der Waals surface area (Å²) in [5.74, 6) is -1.69. The van der Waals surface area contributed by atoms with Gasteiger partial charge in [-0.05, 0) is 72.6 Å². The minimum atomic E-state index is -1.07. The molecule has 6 rings (SSSR count). The van der Waals surface area contributed by atoms with E-state index in [0.717, 1.165) is 16.9 Å². The predicted octanol–water partition coefficient (Wildman–Crippen LogP) is 7.69. The van der Waals surface area contributed by atoms with Crippen LogP contribution in [0.25, 0.3) is 16.0 Å². The third-order valence-corrected chi connectivity index (χ3v) is 8.20. The average molecular weight is 615 g/mol. The summed E-state index contributed by atoms with van der Waals surface area (Å²) in [6, 6.07) is 24.1. The minimum absolute atomic E-state index is 0.127. The highest BCUT2D eigenvalue weighted by Gasteiger charge is 2.48. The third kappa shape index (κ3) is 5.57. The van der Waals surface area contributed by atoms with Gasteiger partial charge < -0.3 is 14.6 Å². The van der Waals surface area contributed by atoms with Crippen LogP contribution in [-0.2, 0) is 16.2 Å². The molecule has 2 heterocycles. The van der Waals surface area contributed by atoms with E-state index >= 15 is 0 Å². The normalized spacial score (nSPS) is 16.2. The van der Waals surface area contributed by atoms with Crippen LogP contribution in [-0.4, -0.2) is 28.4 Å². The third-order valence-electron chi connectivity index (χ3n) is 6.93. The van der Waals surface area contributed by atoms with Gasteiger partial charge in [-0.2, -0.15) is 0 Å². The Balaban J connectivity index is 1.49. The lowest BCUT2D eigenvalue weighted by Gasteiger charge is -2.24. The molecule has 43 heavy (non-hydrogen) atoms. The van der Waals surface area contributed by atoms with E-state index in [1.54, 1.807) is 42.5 Å². The number of benzene rings is 4. The summed E-state index contributed by atoms with van der Waals surface area (Å²) in [5.41, 5.74) is 2.11. The van der Waals surface area contributed by atoms with Crippen LogP contribution >= 0.6 is 22.9 Å². The maximum atomic E-state index is 14.0. The van der Waals surface area contributed by atoms with Crippen LogP contribution in [0.1, 0.15) is 29.7 Å². The van der Waals surface area contributed by atoms with Crippen molar-refractivity contribution in [3.05, 3.63) is 124 Å². The number of rotatable bonds is 8. The Hall–Kier alpha value is -4.73. The number of halogens is 2. The summed E-state index contributed by atoms with van der Waals surface area (Å²) in [6.07, 6.45) is 0. The lowest BCUT2D eigenvalue weighted by molar-refractivity contribution is -0.132. The molecule has 1 unspecified atom stereocenters. The van der Waals surface area contributed by atoms with Gasteiger partial charge in [0, 0.05) is 10.6 Å². The molecule has 1 aliphatic rings. The molecule has 1 fully saturated rings. The number of amides is 1. The molecule has 0 bridgehead atoms. The Morgan fingerprint density at radius 1 is 0.977 bits per heavy atom. The van der Waals surface area contributed by atoms with Crippen LogP contribution in [0, 0.1) is 5.82 Å². The van der Waals surface area contributed by atoms with Crippen molar-refractivity contribution < 1.29 is 28.6 Å². The molecule has 1 atom stereocenters. The number of hydrogen-bond acceptors (Lipinski definition) is 7. The van der Waals surface area contributed by atoms with Crippen LogP contribution < -0.4 is 14.4 Å². The van der Waals surface area contributed by atoms with Gasteiger partial charge in [-0.1, -0.05) is 59.3 Å². The second-order valence-corrected chi connectivity index (χ2v) is 11.1. The molecule has 5 aromatic rings. The monoisotopic (exact) mass is 614 g/mol. The summed E-state index contributed by atoms with van der Waals surface area (Å²) < 4.78 is 26.5. The van der Waals surface area contributed by atoms with E-state index in [9.17, 15) is 19.1 Å². The van der Waals surface area contributed by atoms with Crippen LogP contribution in [0.2, 0.25) is 5.02 Å². The Kier molecular flexibility index (Phi) is 7.84. The largest absolute Gasteiger partial charge is 0.507 e. The van der Waals surface area contributed by atoms with Gasteiger partial charge in [0.2, 0.25) is 0 Å². The summed E-state index contributed by atoms with van der Waals surface area (Å²) >= 11 is 7.12. The second-order valence-electron chi connectivity index (χ2n) is 9.70. The Bertz CT molecular complexity index is 1870. The number of carbonyl (C=O) groups is 2. The first kappa shape index (κ1) is 28.4. The number of aromatic nitrogens is 1. The summed E-state index contributed by atoms with van der Waals surface area (Å²) in [4.78, 5) is 33.0. The molecule has 1 aliphatic heterocycles. The Labute approximate surface area is 255 Å². The number of carbonyl (C=O) groups excluding carboxylic acids is 2. The number of aliphatic hydroxyl groups excluding tert-OH is 1. The van der Waals surface area contributed by atoms with E-state index < -0.39 is 23.5 Å². The fraction of sp³-hybridized carbons (Fsp3) is 0.121. The highest BCUT2D eigenvalue weighted by atomic mass is 35.5. The van der Waals surface area contributed by atoms with Gasteiger partial charge in [-0.25, -0.2) is 9.37 Å². The van der Waals surface area contributed by atoms with Crippen LogP contribution in [0.3, 0.4) is 0 Å². The summed E-state index contributed by atoms with van der Waals surface area (Å²) in [7, 11) is 0. The van der Waals surface area contributed by atoms with Crippen molar-refractivity contribution in [1.82, 2.24) is 4.98 Å². The second kappa shape index (κ2) is 11.9. The quantitative estimate of drug-likeness (QED) is 0.109. The van der Waals surface area contributed by atoms with Crippen molar-refractivity contribution in [2.75, 3.05) is 11.5 Å².